The lowest BCUT2D eigenvalue weighted by Gasteiger charge is -2.48. The van der Waals surface area contributed by atoms with Crippen molar-refractivity contribution in [1.82, 2.24) is 0 Å². The molecule has 4 nitrogen and oxygen atoms in total. The molecule has 0 aromatic rings. The Morgan fingerprint density at radius 1 is 1.23 bits per heavy atom. The molecule has 2 heterocycles. The third kappa shape index (κ3) is 1.34. The van der Waals surface area contributed by atoms with Gasteiger partial charge in [0.2, 0.25) is 0 Å². The molecule has 4 unspecified atom stereocenters. The van der Waals surface area contributed by atoms with E-state index in [1.165, 1.54) is 0 Å². The van der Waals surface area contributed by atoms with Crippen LogP contribution in [0, 0.1) is 28.6 Å². The maximum Gasteiger partial charge on any atom is 0.308 e. The summed E-state index contributed by atoms with van der Waals surface area (Å²) in [6.07, 6.45) is 2.65. The molecule has 0 aromatic heterocycles. The number of hydrogen-bond donors (Lipinski definition) is 0. The molecule has 2 aliphatic heterocycles. The highest BCUT2D eigenvalue weighted by atomic mass is 16.6. The first-order valence-electron chi connectivity index (χ1n) is 8.20. The van der Waals surface area contributed by atoms with E-state index in [0.29, 0.717) is 6.42 Å². The molecule has 2 aliphatic carbocycles. The fraction of sp³-hybridized carbons (Fsp3) is 0.778. The monoisotopic (exact) mass is 304 g/mol. The predicted octanol–water partition coefficient (Wildman–Crippen LogP) is 2.51. The SMILES string of the molecule is C=CC1C(C)(C)C(=O)C2C[C@@]1(C)C1[C@H]3OC(=O)C[C@H]3OC21C. The van der Waals surface area contributed by atoms with Crippen LogP contribution >= 0.6 is 0 Å². The minimum Gasteiger partial charge on any atom is -0.459 e. The Morgan fingerprint density at radius 2 is 1.91 bits per heavy atom. The minimum atomic E-state index is -0.517. The van der Waals surface area contributed by atoms with E-state index < -0.39 is 11.0 Å². The van der Waals surface area contributed by atoms with Crippen molar-refractivity contribution in [2.24, 2.45) is 28.6 Å². The molecular formula is C18H24O4. The summed E-state index contributed by atoms with van der Waals surface area (Å²) in [4.78, 5) is 24.8. The van der Waals surface area contributed by atoms with Crippen LogP contribution in [0.3, 0.4) is 0 Å². The van der Waals surface area contributed by atoms with E-state index in [1.54, 1.807) is 0 Å². The van der Waals surface area contributed by atoms with E-state index in [2.05, 4.69) is 20.4 Å². The smallest absolute Gasteiger partial charge is 0.308 e. The fourth-order valence-electron chi connectivity index (χ4n) is 6.44. The van der Waals surface area contributed by atoms with Crippen molar-refractivity contribution in [1.29, 1.82) is 0 Å². The van der Waals surface area contributed by atoms with Crippen LogP contribution in [0.1, 0.15) is 40.5 Å². The van der Waals surface area contributed by atoms with E-state index in [1.807, 2.05) is 19.9 Å². The first kappa shape index (κ1) is 14.4. The fourth-order valence-corrected chi connectivity index (χ4v) is 6.44. The number of rotatable bonds is 1. The van der Waals surface area contributed by atoms with E-state index in [0.717, 1.165) is 6.42 Å². The van der Waals surface area contributed by atoms with Crippen molar-refractivity contribution in [2.45, 2.75) is 58.3 Å². The first-order valence-corrected chi connectivity index (χ1v) is 8.20. The molecule has 2 saturated heterocycles. The average molecular weight is 304 g/mol. The lowest BCUT2D eigenvalue weighted by atomic mass is 9.54. The number of allylic oxidation sites excluding steroid dienone is 1. The Morgan fingerprint density at radius 3 is 2.55 bits per heavy atom. The molecule has 4 heteroatoms. The first-order chi connectivity index (χ1) is 10.2. The number of carbonyl (C=O) groups is 2. The lowest BCUT2D eigenvalue weighted by Crippen LogP contribution is -2.50. The zero-order chi connectivity index (χ0) is 16.1. The topological polar surface area (TPSA) is 52.6 Å². The molecule has 0 amide bonds. The molecule has 4 aliphatic rings. The maximum atomic E-state index is 13.1. The molecule has 0 aromatic carbocycles. The molecule has 4 fully saturated rings. The minimum absolute atomic E-state index is 0.0650. The molecule has 2 saturated carbocycles. The van der Waals surface area contributed by atoms with Gasteiger partial charge in [0.25, 0.3) is 0 Å². The van der Waals surface area contributed by atoms with Gasteiger partial charge in [-0.3, -0.25) is 9.59 Å². The Balaban J connectivity index is 1.88. The van der Waals surface area contributed by atoms with Gasteiger partial charge in [0.05, 0.1) is 12.0 Å². The van der Waals surface area contributed by atoms with Crippen LogP contribution in [-0.2, 0) is 19.1 Å². The number of carbonyl (C=O) groups excluding carboxylic acids is 2. The molecule has 0 radical (unpaired) electrons. The quantitative estimate of drug-likeness (QED) is 0.552. The number of fused-ring (bicyclic) bond motifs is 7. The zero-order valence-electron chi connectivity index (χ0n) is 13.7. The Kier molecular flexibility index (Phi) is 2.52. The standard InChI is InChI=1S/C18H24O4/c1-6-11-16(2,3)15(20)9-8-17(11,4)14-13-10(7-12(19)21-13)22-18(9,14)5/h6,9-11,13-14H,1,7-8H2,2-5H3/t9?,10-,11?,13+,14?,17-,18?/m1/s1. The molecular weight excluding hydrogens is 280 g/mol. The van der Waals surface area contributed by atoms with Crippen molar-refractivity contribution in [3.05, 3.63) is 12.7 Å². The molecule has 7 atom stereocenters. The third-order valence-electron chi connectivity index (χ3n) is 7.07. The van der Waals surface area contributed by atoms with Gasteiger partial charge in [-0.1, -0.05) is 26.8 Å². The van der Waals surface area contributed by atoms with Gasteiger partial charge < -0.3 is 9.47 Å². The predicted molar refractivity (Wildman–Crippen MR) is 80.0 cm³/mol. The van der Waals surface area contributed by atoms with Gasteiger partial charge in [-0.2, -0.15) is 0 Å². The summed E-state index contributed by atoms with van der Waals surface area (Å²) < 4.78 is 11.9. The van der Waals surface area contributed by atoms with Gasteiger partial charge >= 0.3 is 5.97 Å². The Bertz CT molecular complexity index is 594. The maximum absolute atomic E-state index is 13.1. The summed E-state index contributed by atoms with van der Waals surface area (Å²) >= 11 is 0. The van der Waals surface area contributed by atoms with Gasteiger partial charge in [-0.25, -0.2) is 0 Å². The molecule has 120 valence electrons. The summed E-state index contributed by atoms with van der Waals surface area (Å²) in [7, 11) is 0. The lowest BCUT2D eigenvalue weighted by molar-refractivity contribution is -0.148. The Labute approximate surface area is 131 Å². The second kappa shape index (κ2) is 3.84. The van der Waals surface area contributed by atoms with Crippen molar-refractivity contribution in [3.63, 3.8) is 0 Å². The normalized spacial score (nSPS) is 54.8. The van der Waals surface area contributed by atoms with E-state index >= 15 is 0 Å². The number of ether oxygens (including phenoxy) is 2. The van der Waals surface area contributed by atoms with Crippen LogP contribution in [-0.4, -0.2) is 29.6 Å². The average Bonchev–Trinajstić information content (AvgIpc) is 2.92. The summed E-state index contributed by atoms with van der Waals surface area (Å²) in [5.74, 6) is 0.111. The van der Waals surface area contributed by atoms with Gasteiger partial charge in [0, 0.05) is 17.3 Å². The van der Waals surface area contributed by atoms with Crippen LogP contribution in [0.5, 0.6) is 0 Å². The van der Waals surface area contributed by atoms with Crippen LogP contribution in [0.25, 0.3) is 0 Å². The number of esters is 1. The molecule has 4 rings (SSSR count). The number of ketones is 1. The summed E-state index contributed by atoms with van der Waals surface area (Å²) in [6.45, 7) is 12.3. The van der Waals surface area contributed by atoms with Crippen molar-refractivity contribution >= 4 is 11.8 Å². The summed E-state index contributed by atoms with van der Waals surface area (Å²) in [5, 5.41) is 0. The van der Waals surface area contributed by atoms with Crippen LogP contribution in [0.2, 0.25) is 0 Å². The second-order valence-corrected chi connectivity index (χ2v) is 8.54. The highest BCUT2D eigenvalue weighted by Gasteiger charge is 2.76. The summed E-state index contributed by atoms with van der Waals surface area (Å²) in [5.41, 5.74) is -1.09. The van der Waals surface area contributed by atoms with Crippen LogP contribution in [0.4, 0.5) is 0 Å². The van der Waals surface area contributed by atoms with Crippen LogP contribution in [0.15, 0.2) is 12.7 Å². The van der Waals surface area contributed by atoms with Gasteiger partial charge in [0.15, 0.2) is 0 Å². The molecule has 22 heavy (non-hydrogen) atoms. The highest BCUT2D eigenvalue weighted by Crippen LogP contribution is 2.70. The van der Waals surface area contributed by atoms with Crippen molar-refractivity contribution < 1.29 is 19.1 Å². The third-order valence-corrected chi connectivity index (χ3v) is 7.07. The number of Topliss-reactive ketones (excluding diaryl/α,β-unsaturated/α-hetero) is 1. The second-order valence-electron chi connectivity index (χ2n) is 8.54. The summed E-state index contributed by atoms with van der Waals surface area (Å²) in [6, 6.07) is 0. The zero-order valence-corrected chi connectivity index (χ0v) is 13.7. The van der Waals surface area contributed by atoms with Gasteiger partial charge in [0.1, 0.15) is 18.0 Å². The van der Waals surface area contributed by atoms with Crippen LogP contribution < -0.4 is 0 Å². The molecule has 2 bridgehead atoms. The van der Waals surface area contributed by atoms with E-state index in [-0.39, 0.29) is 47.1 Å². The van der Waals surface area contributed by atoms with Gasteiger partial charge in [-0.15, -0.1) is 6.58 Å². The van der Waals surface area contributed by atoms with E-state index in [9.17, 15) is 9.59 Å². The van der Waals surface area contributed by atoms with Gasteiger partial charge in [-0.05, 0) is 24.7 Å². The highest BCUT2D eigenvalue weighted by molar-refractivity contribution is 5.90. The Hall–Kier alpha value is -1.16. The number of hydrogen-bond acceptors (Lipinski definition) is 4. The molecule has 0 spiro atoms. The van der Waals surface area contributed by atoms with E-state index in [4.69, 9.17) is 9.47 Å². The largest absolute Gasteiger partial charge is 0.459 e. The van der Waals surface area contributed by atoms with Crippen molar-refractivity contribution in [2.75, 3.05) is 0 Å². The molecule has 0 N–H and O–H groups in total. The van der Waals surface area contributed by atoms with Crippen molar-refractivity contribution in [3.8, 4) is 0 Å².